The van der Waals surface area contributed by atoms with E-state index in [9.17, 15) is 9.59 Å². The standard InChI is InChI=1S/C21H29N3O3/c1-2-24-18-10-7-6-9-16(18)17-15-23(14-12-19(17)24)21(27)22-13-8-4-3-5-11-20(25)26/h6-7,9-10H,2-5,8,11-15H2,1H3,(H,22,27)(H,25,26). The Hall–Kier alpha value is -2.50. The zero-order chi connectivity index (χ0) is 19.2. The topological polar surface area (TPSA) is 74.6 Å². The van der Waals surface area contributed by atoms with Crippen LogP contribution in [0.25, 0.3) is 10.9 Å². The maximum atomic E-state index is 12.5. The van der Waals surface area contributed by atoms with Gasteiger partial charge in [0.15, 0.2) is 0 Å². The van der Waals surface area contributed by atoms with Crippen LogP contribution in [-0.4, -0.2) is 39.7 Å². The number of carbonyl (C=O) groups excluding carboxylic acids is 1. The average molecular weight is 371 g/mol. The lowest BCUT2D eigenvalue weighted by atomic mass is 10.0. The maximum Gasteiger partial charge on any atom is 0.317 e. The van der Waals surface area contributed by atoms with E-state index in [-0.39, 0.29) is 12.5 Å². The van der Waals surface area contributed by atoms with E-state index in [4.69, 9.17) is 5.11 Å². The van der Waals surface area contributed by atoms with Crippen LogP contribution in [0.5, 0.6) is 0 Å². The van der Waals surface area contributed by atoms with Gasteiger partial charge in [0, 0.05) is 61.2 Å². The van der Waals surface area contributed by atoms with Crippen molar-refractivity contribution in [2.45, 2.75) is 58.5 Å². The molecule has 0 atom stereocenters. The molecule has 2 N–H and O–H groups in total. The molecule has 0 saturated carbocycles. The van der Waals surface area contributed by atoms with Crippen molar-refractivity contribution >= 4 is 22.9 Å². The number of para-hydroxylation sites is 1. The second-order valence-corrected chi connectivity index (χ2v) is 7.15. The first-order valence-electron chi connectivity index (χ1n) is 9.95. The molecule has 0 bridgehead atoms. The Morgan fingerprint density at radius 2 is 1.93 bits per heavy atom. The number of hydrogen-bond donors (Lipinski definition) is 2. The van der Waals surface area contributed by atoms with Gasteiger partial charge in [-0.2, -0.15) is 0 Å². The van der Waals surface area contributed by atoms with Crippen LogP contribution in [0.4, 0.5) is 4.79 Å². The fourth-order valence-electron chi connectivity index (χ4n) is 4.00. The first kappa shape index (κ1) is 19.3. The summed E-state index contributed by atoms with van der Waals surface area (Å²) in [5, 5.41) is 12.9. The molecular formula is C21H29N3O3. The van der Waals surface area contributed by atoms with E-state index in [0.29, 0.717) is 19.5 Å². The third kappa shape index (κ3) is 4.43. The van der Waals surface area contributed by atoms with E-state index in [2.05, 4.69) is 41.1 Å². The van der Waals surface area contributed by atoms with Crippen molar-refractivity contribution in [1.82, 2.24) is 14.8 Å². The highest BCUT2D eigenvalue weighted by Gasteiger charge is 2.25. The number of nitrogens with one attached hydrogen (secondary N) is 1. The van der Waals surface area contributed by atoms with Crippen LogP contribution in [0.2, 0.25) is 0 Å². The molecule has 0 aliphatic carbocycles. The Kier molecular flexibility index (Phi) is 6.37. The summed E-state index contributed by atoms with van der Waals surface area (Å²) >= 11 is 0. The molecule has 2 amide bonds. The number of hydrogen-bond acceptors (Lipinski definition) is 2. The van der Waals surface area contributed by atoms with Crippen molar-refractivity contribution < 1.29 is 14.7 Å². The molecule has 1 aromatic carbocycles. The quantitative estimate of drug-likeness (QED) is 0.694. The van der Waals surface area contributed by atoms with Gasteiger partial charge in [0.2, 0.25) is 0 Å². The van der Waals surface area contributed by atoms with Gasteiger partial charge >= 0.3 is 12.0 Å². The second kappa shape index (κ2) is 8.93. The third-order valence-electron chi connectivity index (χ3n) is 5.36. The van der Waals surface area contributed by atoms with E-state index < -0.39 is 5.97 Å². The lowest BCUT2D eigenvalue weighted by Gasteiger charge is -2.28. The number of urea groups is 1. The Balaban J connectivity index is 1.52. The van der Waals surface area contributed by atoms with Gasteiger partial charge < -0.3 is 19.9 Å². The number of carboxylic acids is 1. The molecule has 1 aromatic heterocycles. The van der Waals surface area contributed by atoms with Crippen molar-refractivity contribution in [3.05, 3.63) is 35.5 Å². The summed E-state index contributed by atoms with van der Waals surface area (Å²) in [6.45, 7) is 5.17. The van der Waals surface area contributed by atoms with Crippen molar-refractivity contribution in [1.29, 1.82) is 0 Å². The summed E-state index contributed by atoms with van der Waals surface area (Å²) < 4.78 is 2.37. The van der Waals surface area contributed by atoms with E-state index in [1.54, 1.807) is 0 Å². The smallest absolute Gasteiger partial charge is 0.317 e. The van der Waals surface area contributed by atoms with Crippen LogP contribution in [-0.2, 0) is 24.3 Å². The van der Waals surface area contributed by atoms with Gasteiger partial charge in [-0.05, 0) is 25.8 Å². The Morgan fingerprint density at radius 3 is 2.70 bits per heavy atom. The van der Waals surface area contributed by atoms with Gasteiger partial charge in [-0.15, -0.1) is 0 Å². The number of aromatic nitrogens is 1. The van der Waals surface area contributed by atoms with Crippen molar-refractivity contribution in [2.75, 3.05) is 13.1 Å². The Morgan fingerprint density at radius 1 is 1.15 bits per heavy atom. The maximum absolute atomic E-state index is 12.5. The number of nitrogens with zero attached hydrogens (tertiary/aromatic N) is 2. The number of amides is 2. The highest BCUT2D eigenvalue weighted by atomic mass is 16.4. The van der Waals surface area contributed by atoms with Crippen LogP contribution in [0.3, 0.4) is 0 Å². The highest BCUT2D eigenvalue weighted by Crippen LogP contribution is 2.30. The molecule has 0 radical (unpaired) electrons. The molecule has 27 heavy (non-hydrogen) atoms. The molecule has 1 aliphatic heterocycles. The van der Waals surface area contributed by atoms with E-state index in [1.165, 1.54) is 22.2 Å². The summed E-state index contributed by atoms with van der Waals surface area (Å²) in [5.74, 6) is -0.739. The first-order valence-corrected chi connectivity index (χ1v) is 9.95. The number of fused-ring (bicyclic) bond motifs is 3. The zero-order valence-electron chi connectivity index (χ0n) is 16.0. The number of aryl methyl sites for hydroxylation is 1. The molecule has 0 unspecified atom stereocenters. The minimum Gasteiger partial charge on any atom is -0.481 e. The fraction of sp³-hybridized carbons (Fsp3) is 0.524. The normalized spacial score (nSPS) is 13.6. The van der Waals surface area contributed by atoms with Gasteiger partial charge in [0.05, 0.1) is 0 Å². The number of carbonyl (C=O) groups is 2. The summed E-state index contributed by atoms with van der Waals surface area (Å²) in [6, 6.07) is 8.44. The number of carboxylic acid groups (broad SMARTS) is 1. The Bertz CT molecular complexity index is 812. The molecule has 146 valence electrons. The molecule has 3 rings (SSSR count). The van der Waals surface area contributed by atoms with E-state index >= 15 is 0 Å². The van der Waals surface area contributed by atoms with Crippen LogP contribution in [0, 0.1) is 0 Å². The van der Waals surface area contributed by atoms with Gasteiger partial charge in [0.1, 0.15) is 0 Å². The number of rotatable bonds is 8. The first-order chi connectivity index (χ1) is 13.1. The molecule has 2 heterocycles. The minimum absolute atomic E-state index is 0.000449. The fourth-order valence-corrected chi connectivity index (χ4v) is 4.00. The van der Waals surface area contributed by atoms with Gasteiger partial charge in [-0.25, -0.2) is 4.79 Å². The number of unbranched alkanes of at least 4 members (excludes halogenated alkanes) is 3. The predicted octanol–water partition coefficient (Wildman–Crippen LogP) is 3.76. The van der Waals surface area contributed by atoms with Crippen molar-refractivity contribution in [3.8, 4) is 0 Å². The summed E-state index contributed by atoms with van der Waals surface area (Å²) in [6.07, 6.45) is 4.56. The Labute approximate surface area is 160 Å². The predicted molar refractivity (Wildman–Crippen MR) is 106 cm³/mol. The largest absolute Gasteiger partial charge is 0.481 e. The van der Waals surface area contributed by atoms with Crippen LogP contribution < -0.4 is 5.32 Å². The van der Waals surface area contributed by atoms with E-state index in [1.807, 2.05) is 4.90 Å². The molecule has 2 aromatic rings. The minimum atomic E-state index is -0.739. The number of aliphatic carboxylic acids is 1. The summed E-state index contributed by atoms with van der Waals surface area (Å²) in [7, 11) is 0. The lowest BCUT2D eigenvalue weighted by molar-refractivity contribution is -0.137. The summed E-state index contributed by atoms with van der Waals surface area (Å²) in [4.78, 5) is 24.9. The van der Waals surface area contributed by atoms with Crippen molar-refractivity contribution in [3.63, 3.8) is 0 Å². The average Bonchev–Trinajstić information content (AvgIpc) is 2.99. The second-order valence-electron chi connectivity index (χ2n) is 7.15. The molecule has 0 saturated heterocycles. The highest BCUT2D eigenvalue weighted by molar-refractivity contribution is 5.86. The molecular weight excluding hydrogens is 342 g/mol. The molecule has 1 aliphatic rings. The van der Waals surface area contributed by atoms with Gasteiger partial charge in [-0.3, -0.25) is 4.79 Å². The van der Waals surface area contributed by atoms with Crippen LogP contribution in [0.15, 0.2) is 24.3 Å². The van der Waals surface area contributed by atoms with Crippen LogP contribution >= 0.6 is 0 Å². The van der Waals surface area contributed by atoms with Gasteiger partial charge in [0.25, 0.3) is 0 Å². The van der Waals surface area contributed by atoms with Crippen LogP contribution in [0.1, 0.15) is 50.3 Å². The van der Waals surface area contributed by atoms with Gasteiger partial charge in [-0.1, -0.05) is 31.0 Å². The third-order valence-corrected chi connectivity index (χ3v) is 5.36. The molecule has 0 fully saturated rings. The molecule has 6 heteroatoms. The molecule has 0 spiro atoms. The van der Waals surface area contributed by atoms with E-state index in [0.717, 1.165) is 38.8 Å². The van der Waals surface area contributed by atoms with Crippen molar-refractivity contribution in [2.24, 2.45) is 0 Å². The summed E-state index contributed by atoms with van der Waals surface area (Å²) in [5.41, 5.74) is 3.90. The molecule has 6 nitrogen and oxygen atoms in total. The monoisotopic (exact) mass is 371 g/mol. The number of benzene rings is 1. The SMILES string of the molecule is CCn1c2c(c3ccccc31)CN(C(=O)NCCCCCCC(=O)O)CC2. The lowest BCUT2D eigenvalue weighted by Crippen LogP contribution is -2.43. The zero-order valence-corrected chi connectivity index (χ0v) is 16.0.